The van der Waals surface area contributed by atoms with Crippen molar-refractivity contribution < 1.29 is 27.4 Å². The van der Waals surface area contributed by atoms with Crippen LogP contribution in [-0.2, 0) is 0 Å². The van der Waals surface area contributed by atoms with Gasteiger partial charge < -0.3 is 19.5 Å². The van der Waals surface area contributed by atoms with E-state index in [1.54, 1.807) is 7.05 Å². The SMILES string of the molecule is CCCC(CC)Oc1nc(Br)c(-c2ccc(OC(F)(F)F)cc2OC)nc1NC. The lowest BCUT2D eigenvalue weighted by Crippen LogP contribution is -2.17. The maximum atomic E-state index is 12.5. The molecular formula is C19H23BrF3N3O3. The fraction of sp³-hybridized carbons (Fsp3) is 0.474. The van der Waals surface area contributed by atoms with Gasteiger partial charge in [-0.2, -0.15) is 0 Å². The van der Waals surface area contributed by atoms with Crippen molar-refractivity contribution in [2.45, 2.75) is 45.6 Å². The topological polar surface area (TPSA) is 65.5 Å². The van der Waals surface area contributed by atoms with E-state index in [1.165, 1.54) is 19.2 Å². The molecule has 0 aliphatic heterocycles. The van der Waals surface area contributed by atoms with Crippen LogP contribution >= 0.6 is 15.9 Å². The van der Waals surface area contributed by atoms with Gasteiger partial charge in [0.05, 0.1) is 7.11 Å². The number of anilines is 1. The second kappa shape index (κ2) is 10.00. The molecule has 1 aromatic carbocycles. The van der Waals surface area contributed by atoms with Gasteiger partial charge in [-0.15, -0.1) is 13.2 Å². The maximum absolute atomic E-state index is 12.5. The minimum Gasteiger partial charge on any atom is -0.496 e. The van der Waals surface area contributed by atoms with Gasteiger partial charge in [0, 0.05) is 18.7 Å². The molecule has 0 spiro atoms. The molecule has 0 saturated heterocycles. The van der Waals surface area contributed by atoms with Crippen molar-refractivity contribution in [3.05, 3.63) is 22.8 Å². The number of aromatic nitrogens is 2. The van der Waals surface area contributed by atoms with Gasteiger partial charge in [0.1, 0.15) is 27.9 Å². The highest BCUT2D eigenvalue weighted by Crippen LogP contribution is 2.39. The Morgan fingerprint density at radius 1 is 1.21 bits per heavy atom. The van der Waals surface area contributed by atoms with Crippen molar-refractivity contribution in [3.8, 4) is 28.6 Å². The molecular weight excluding hydrogens is 455 g/mol. The molecule has 2 rings (SSSR count). The zero-order chi connectivity index (χ0) is 21.6. The lowest BCUT2D eigenvalue weighted by molar-refractivity contribution is -0.274. The molecule has 1 N–H and O–H groups in total. The van der Waals surface area contributed by atoms with Crippen LogP contribution in [0.1, 0.15) is 33.1 Å². The number of nitrogens with zero attached hydrogens (tertiary/aromatic N) is 2. The van der Waals surface area contributed by atoms with Gasteiger partial charge in [-0.25, -0.2) is 9.97 Å². The van der Waals surface area contributed by atoms with Crippen LogP contribution in [0, 0.1) is 0 Å². The van der Waals surface area contributed by atoms with Crippen LogP contribution in [0.25, 0.3) is 11.3 Å². The average Bonchev–Trinajstić information content (AvgIpc) is 2.66. The third kappa shape index (κ3) is 6.12. The predicted molar refractivity (Wildman–Crippen MR) is 108 cm³/mol. The molecule has 1 heterocycles. The van der Waals surface area contributed by atoms with E-state index in [9.17, 15) is 13.2 Å². The molecule has 0 bridgehead atoms. The van der Waals surface area contributed by atoms with Gasteiger partial charge in [-0.3, -0.25) is 0 Å². The zero-order valence-corrected chi connectivity index (χ0v) is 18.1. The molecule has 0 radical (unpaired) electrons. The van der Waals surface area contributed by atoms with Gasteiger partial charge in [0.2, 0.25) is 0 Å². The minimum atomic E-state index is -4.79. The first-order chi connectivity index (χ1) is 13.7. The number of hydrogen-bond donors (Lipinski definition) is 1. The summed E-state index contributed by atoms with van der Waals surface area (Å²) >= 11 is 3.38. The van der Waals surface area contributed by atoms with E-state index >= 15 is 0 Å². The normalized spacial score (nSPS) is 12.4. The quantitative estimate of drug-likeness (QED) is 0.491. The summed E-state index contributed by atoms with van der Waals surface area (Å²) in [5.41, 5.74) is 0.839. The highest BCUT2D eigenvalue weighted by atomic mass is 79.9. The van der Waals surface area contributed by atoms with Crippen molar-refractivity contribution in [1.29, 1.82) is 0 Å². The smallest absolute Gasteiger partial charge is 0.496 e. The number of halogens is 4. The first-order valence-corrected chi connectivity index (χ1v) is 9.87. The van der Waals surface area contributed by atoms with E-state index in [2.05, 4.69) is 42.9 Å². The molecule has 6 nitrogen and oxygen atoms in total. The Kier molecular flexibility index (Phi) is 7.95. The summed E-state index contributed by atoms with van der Waals surface area (Å²) in [7, 11) is 3.04. The summed E-state index contributed by atoms with van der Waals surface area (Å²) in [6.45, 7) is 4.11. The summed E-state index contributed by atoms with van der Waals surface area (Å²) in [6.07, 6.45) is -2.10. The Morgan fingerprint density at radius 3 is 2.48 bits per heavy atom. The molecule has 0 fully saturated rings. The van der Waals surface area contributed by atoms with Crippen molar-refractivity contribution >= 4 is 21.7 Å². The number of benzene rings is 1. The number of alkyl halides is 3. The fourth-order valence-corrected chi connectivity index (χ4v) is 3.17. The predicted octanol–water partition coefficient (Wildman–Crippen LogP) is 5.81. The largest absolute Gasteiger partial charge is 0.573 e. The zero-order valence-electron chi connectivity index (χ0n) is 16.6. The molecule has 0 aliphatic rings. The van der Waals surface area contributed by atoms with Crippen LogP contribution in [0.3, 0.4) is 0 Å². The third-order valence-electron chi connectivity index (χ3n) is 4.06. The molecule has 2 aromatic rings. The first kappa shape index (κ1) is 23.1. The van der Waals surface area contributed by atoms with Gasteiger partial charge in [-0.05, 0) is 40.9 Å². The van der Waals surface area contributed by atoms with Crippen molar-refractivity contribution in [3.63, 3.8) is 0 Å². The molecule has 160 valence electrons. The number of methoxy groups -OCH3 is 1. The van der Waals surface area contributed by atoms with E-state index in [1.807, 2.05) is 6.92 Å². The summed E-state index contributed by atoms with van der Waals surface area (Å²) in [5, 5.41) is 2.95. The Balaban J connectivity index is 2.44. The third-order valence-corrected chi connectivity index (χ3v) is 4.62. The molecule has 0 amide bonds. The molecule has 0 saturated carbocycles. The highest BCUT2D eigenvalue weighted by Gasteiger charge is 2.31. The van der Waals surface area contributed by atoms with Crippen LogP contribution in [0.4, 0.5) is 19.0 Å². The number of hydrogen-bond acceptors (Lipinski definition) is 6. The molecule has 10 heteroatoms. The van der Waals surface area contributed by atoms with Crippen LogP contribution in [0.15, 0.2) is 22.8 Å². The second-order valence-corrected chi connectivity index (χ2v) is 6.86. The Hall–Kier alpha value is -2.23. The summed E-state index contributed by atoms with van der Waals surface area (Å²) in [4.78, 5) is 8.98. The number of ether oxygens (including phenoxy) is 3. The number of rotatable bonds is 9. The molecule has 1 aromatic heterocycles. The van der Waals surface area contributed by atoms with Gasteiger partial charge in [-0.1, -0.05) is 20.3 Å². The molecule has 0 aliphatic carbocycles. The molecule has 1 atom stereocenters. The summed E-state index contributed by atoms with van der Waals surface area (Å²) < 4.78 is 53.0. The van der Waals surface area contributed by atoms with Crippen molar-refractivity contribution in [2.24, 2.45) is 0 Å². The van der Waals surface area contributed by atoms with E-state index in [0.717, 1.165) is 25.3 Å². The maximum Gasteiger partial charge on any atom is 0.573 e. The van der Waals surface area contributed by atoms with E-state index in [0.29, 0.717) is 27.6 Å². The Labute approximate surface area is 175 Å². The number of nitrogens with one attached hydrogen (secondary N) is 1. The van der Waals surface area contributed by atoms with Crippen molar-refractivity contribution in [2.75, 3.05) is 19.5 Å². The lowest BCUT2D eigenvalue weighted by atomic mass is 10.1. The van der Waals surface area contributed by atoms with Gasteiger partial charge in [0.15, 0.2) is 5.82 Å². The molecule has 1 unspecified atom stereocenters. The van der Waals surface area contributed by atoms with Gasteiger partial charge in [0.25, 0.3) is 5.88 Å². The van der Waals surface area contributed by atoms with Crippen LogP contribution in [-0.4, -0.2) is 36.6 Å². The minimum absolute atomic E-state index is 0.00693. The average molecular weight is 478 g/mol. The Bertz CT molecular complexity index is 834. The molecule has 29 heavy (non-hydrogen) atoms. The monoisotopic (exact) mass is 477 g/mol. The van der Waals surface area contributed by atoms with E-state index in [4.69, 9.17) is 9.47 Å². The standard InChI is InChI=1S/C19H23BrF3N3O3/c1-5-7-11(6-2)28-18-17(24-3)25-15(16(20)26-18)13-9-8-12(10-14(13)27-4)29-19(21,22)23/h8-11H,5-7H2,1-4H3,(H,24,25). The van der Waals surface area contributed by atoms with Crippen LogP contribution in [0.2, 0.25) is 0 Å². The highest BCUT2D eigenvalue weighted by molar-refractivity contribution is 9.10. The van der Waals surface area contributed by atoms with Crippen LogP contribution < -0.4 is 19.5 Å². The Morgan fingerprint density at radius 2 is 1.93 bits per heavy atom. The van der Waals surface area contributed by atoms with E-state index < -0.39 is 6.36 Å². The van der Waals surface area contributed by atoms with E-state index in [-0.39, 0.29) is 17.6 Å². The second-order valence-electron chi connectivity index (χ2n) is 6.11. The first-order valence-electron chi connectivity index (χ1n) is 9.08. The van der Waals surface area contributed by atoms with Crippen LogP contribution in [0.5, 0.6) is 17.4 Å². The summed E-state index contributed by atoms with van der Waals surface area (Å²) in [6, 6.07) is 3.77. The lowest BCUT2D eigenvalue weighted by Gasteiger charge is -2.19. The fourth-order valence-electron chi connectivity index (χ4n) is 2.71. The van der Waals surface area contributed by atoms with Crippen molar-refractivity contribution in [1.82, 2.24) is 9.97 Å². The summed E-state index contributed by atoms with van der Waals surface area (Å²) in [5.74, 6) is 0.533. The van der Waals surface area contributed by atoms with Gasteiger partial charge >= 0.3 is 6.36 Å².